The Labute approximate surface area is 112 Å². The van der Waals surface area contributed by atoms with Gasteiger partial charge in [-0.1, -0.05) is 0 Å². The van der Waals surface area contributed by atoms with Crippen molar-refractivity contribution < 1.29 is 27.5 Å². The molecule has 1 aromatic carbocycles. The van der Waals surface area contributed by atoms with Crippen LogP contribution in [0.1, 0.15) is 5.56 Å². The topological polar surface area (TPSA) is 58.6 Å². The molecule has 108 valence electrons. The average molecular weight is 288 g/mol. The number of ether oxygens (including phenoxy) is 1. The van der Waals surface area contributed by atoms with Crippen LogP contribution < -0.4 is 5.32 Å². The summed E-state index contributed by atoms with van der Waals surface area (Å²) in [5, 5.41) is 2.41. The molecule has 5 nitrogen and oxygen atoms in total. The van der Waals surface area contributed by atoms with Gasteiger partial charge in [-0.3, -0.25) is 9.69 Å². The van der Waals surface area contributed by atoms with Gasteiger partial charge in [-0.15, -0.1) is 0 Å². The lowest BCUT2D eigenvalue weighted by atomic mass is 10.2. The molecule has 1 heterocycles. The van der Waals surface area contributed by atoms with Crippen molar-refractivity contribution in [2.45, 2.75) is 6.18 Å². The van der Waals surface area contributed by atoms with Crippen LogP contribution in [0.4, 0.5) is 23.7 Å². The summed E-state index contributed by atoms with van der Waals surface area (Å²) in [5.41, 5.74) is -0.561. The fraction of sp³-hybridized carbons (Fsp3) is 0.333. The number of halogens is 3. The van der Waals surface area contributed by atoms with Gasteiger partial charge < -0.3 is 10.1 Å². The predicted octanol–water partition coefficient (Wildman–Crippen LogP) is 2.10. The molecule has 0 aromatic heterocycles. The molecule has 20 heavy (non-hydrogen) atoms. The molecule has 1 N–H and O–H groups in total. The highest BCUT2D eigenvalue weighted by atomic mass is 19.4. The Bertz CT molecular complexity index is 514. The monoisotopic (exact) mass is 288 g/mol. The zero-order valence-electron chi connectivity index (χ0n) is 10.2. The molecule has 1 aromatic rings. The first-order valence-electron chi connectivity index (χ1n) is 5.75. The van der Waals surface area contributed by atoms with Gasteiger partial charge in [0.05, 0.1) is 12.1 Å². The van der Waals surface area contributed by atoms with E-state index < -0.39 is 23.7 Å². The highest BCUT2D eigenvalue weighted by molar-refractivity contribution is 5.94. The van der Waals surface area contributed by atoms with E-state index in [0.717, 1.165) is 24.3 Å². The van der Waals surface area contributed by atoms with Crippen LogP contribution >= 0.6 is 0 Å². The van der Waals surface area contributed by atoms with Crippen LogP contribution in [0.2, 0.25) is 0 Å². The summed E-state index contributed by atoms with van der Waals surface area (Å²) in [5.74, 6) is -0.497. The quantitative estimate of drug-likeness (QED) is 0.926. The minimum Gasteiger partial charge on any atom is -0.448 e. The van der Waals surface area contributed by atoms with Gasteiger partial charge in [0.25, 0.3) is 0 Å². The van der Waals surface area contributed by atoms with Gasteiger partial charge in [0, 0.05) is 5.69 Å². The third-order valence-corrected chi connectivity index (χ3v) is 2.68. The highest BCUT2D eigenvalue weighted by Gasteiger charge is 2.30. The van der Waals surface area contributed by atoms with Crippen LogP contribution in [0.15, 0.2) is 24.3 Å². The minimum atomic E-state index is -4.41. The number of cyclic esters (lactones) is 1. The molecule has 0 unspecified atom stereocenters. The summed E-state index contributed by atoms with van der Waals surface area (Å²) < 4.78 is 41.7. The molecule has 0 atom stereocenters. The standard InChI is InChI=1S/C12H11F3N2O3/c13-12(14,15)8-1-3-9(4-2-8)16-10(18)7-17-5-6-20-11(17)19/h1-4H,5-7H2,(H,16,18). The van der Waals surface area contributed by atoms with Crippen molar-refractivity contribution in [1.29, 1.82) is 0 Å². The lowest BCUT2D eigenvalue weighted by Gasteiger charge is -2.13. The van der Waals surface area contributed by atoms with Gasteiger partial charge in [-0.2, -0.15) is 13.2 Å². The van der Waals surface area contributed by atoms with Crippen molar-refractivity contribution in [3.63, 3.8) is 0 Å². The van der Waals surface area contributed by atoms with Crippen molar-refractivity contribution in [1.82, 2.24) is 4.90 Å². The molecule has 0 saturated carbocycles. The number of anilines is 1. The maximum absolute atomic E-state index is 12.4. The minimum absolute atomic E-state index is 0.195. The van der Waals surface area contributed by atoms with Gasteiger partial charge in [-0.05, 0) is 24.3 Å². The second kappa shape index (κ2) is 5.40. The van der Waals surface area contributed by atoms with Gasteiger partial charge in [0.2, 0.25) is 5.91 Å². The number of rotatable bonds is 3. The molecule has 1 saturated heterocycles. The number of carbonyl (C=O) groups is 2. The maximum Gasteiger partial charge on any atom is 0.416 e. The third-order valence-electron chi connectivity index (χ3n) is 2.68. The highest BCUT2D eigenvalue weighted by Crippen LogP contribution is 2.29. The Morgan fingerprint density at radius 1 is 1.30 bits per heavy atom. The van der Waals surface area contributed by atoms with Gasteiger partial charge in [0.15, 0.2) is 0 Å². The normalized spacial score (nSPS) is 15.2. The molecular weight excluding hydrogens is 277 g/mol. The Morgan fingerprint density at radius 3 is 2.45 bits per heavy atom. The second-order valence-electron chi connectivity index (χ2n) is 4.16. The molecule has 0 spiro atoms. The number of benzene rings is 1. The average Bonchev–Trinajstić information content (AvgIpc) is 2.74. The Hall–Kier alpha value is -2.25. The first-order valence-corrected chi connectivity index (χ1v) is 5.75. The van der Waals surface area contributed by atoms with Crippen molar-refractivity contribution >= 4 is 17.7 Å². The molecule has 2 amide bonds. The number of nitrogens with one attached hydrogen (secondary N) is 1. The van der Waals surface area contributed by atoms with Crippen LogP contribution in [0.25, 0.3) is 0 Å². The van der Waals surface area contributed by atoms with E-state index >= 15 is 0 Å². The molecule has 1 fully saturated rings. The lowest BCUT2D eigenvalue weighted by molar-refractivity contribution is -0.137. The molecule has 8 heteroatoms. The SMILES string of the molecule is O=C(CN1CCOC1=O)Nc1ccc(C(F)(F)F)cc1. The van der Waals surface area contributed by atoms with Gasteiger partial charge >= 0.3 is 12.3 Å². The number of amides is 2. The number of hydrogen-bond acceptors (Lipinski definition) is 3. The second-order valence-corrected chi connectivity index (χ2v) is 4.16. The first kappa shape index (κ1) is 14.2. The van der Waals surface area contributed by atoms with Crippen molar-refractivity contribution in [2.24, 2.45) is 0 Å². The number of hydrogen-bond donors (Lipinski definition) is 1. The largest absolute Gasteiger partial charge is 0.448 e. The lowest BCUT2D eigenvalue weighted by Crippen LogP contribution is -2.33. The summed E-state index contributed by atoms with van der Waals surface area (Å²) in [4.78, 5) is 23.9. The first-order chi connectivity index (χ1) is 9.36. The zero-order valence-corrected chi connectivity index (χ0v) is 10.2. The predicted molar refractivity (Wildman–Crippen MR) is 63.0 cm³/mol. The Kier molecular flexibility index (Phi) is 3.82. The van der Waals surface area contributed by atoms with Gasteiger partial charge in [-0.25, -0.2) is 4.79 Å². The summed E-state index contributed by atoms with van der Waals surface area (Å²) >= 11 is 0. The van der Waals surface area contributed by atoms with Gasteiger partial charge in [0.1, 0.15) is 13.2 Å². The van der Waals surface area contributed by atoms with E-state index in [9.17, 15) is 22.8 Å². The van der Waals surface area contributed by atoms with E-state index in [1.54, 1.807) is 0 Å². The van der Waals surface area contributed by atoms with E-state index in [1.807, 2.05) is 0 Å². The molecular formula is C12H11F3N2O3. The van der Waals surface area contributed by atoms with Crippen LogP contribution in [0, 0.1) is 0 Å². The molecule has 0 aliphatic carbocycles. The van der Waals surface area contributed by atoms with E-state index in [-0.39, 0.29) is 18.8 Å². The molecule has 2 rings (SSSR count). The fourth-order valence-electron chi connectivity index (χ4n) is 1.69. The molecule has 0 bridgehead atoms. The molecule has 1 aliphatic rings. The van der Waals surface area contributed by atoms with Crippen LogP contribution in [-0.4, -0.2) is 36.6 Å². The Morgan fingerprint density at radius 2 is 1.95 bits per heavy atom. The summed E-state index contributed by atoms with van der Waals surface area (Å²) in [6.07, 6.45) is -4.99. The maximum atomic E-state index is 12.4. The summed E-state index contributed by atoms with van der Waals surface area (Å²) in [6.45, 7) is 0.353. The van der Waals surface area contributed by atoms with E-state index in [1.165, 1.54) is 4.90 Å². The fourth-order valence-corrected chi connectivity index (χ4v) is 1.69. The smallest absolute Gasteiger partial charge is 0.416 e. The summed E-state index contributed by atoms with van der Waals surface area (Å²) in [7, 11) is 0. The van der Waals surface area contributed by atoms with Crippen LogP contribution in [0.3, 0.4) is 0 Å². The van der Waals surface area contributed by atoms with Crippen molar-refractivity contribution in [3.05, 3.63) is 29.8 Å². The van der Waals surface area contributed by atoms with Crippen molar-refractivity contribution in [2.75, 3.05) is 25.0 Å². The Balaban J connectivity index is 1.93. The van der Waals surface area contributed by atoms with Crippen LogP contribution in [0.5, 0.6) is 0 Å². The number of alkyl halides is 3. The van der Waals surface area contributed by atoms with E-state index in [0.29, 0.717) is 6.54 Å². The zero-order chi connectivity index (χ0) is 14.8. The van der Waals surface area contributed by atoms with Crippen LogP contribution in [-0.2, 0) is 15.7 Å². The van der Waals surface area contributed by atoms with E-state index in [4.69, 9.17) is 0 Å². The third kappa shape index (κ3) is 3.40. The number of carbonyl (C=O) groups excluding carboxylic acids is 2. The molecule has 0 radical (unpaired) electrons. The number of nitrogens with zero attached hydrogens (tertiary/aromatic N) is 1. The van der Waals surface area contributed by atoms with Crippen molar-refractivity contribution in [3.8, 4) is 0 Å². The molecule has 1 aliphatic heterocycles. The summed E-state index contributed by atoms with van der Waals surface area (Å²) in [6, 6.07) is 4.06. The van der Waals surface area contributed by atoms with E-state index in [2.05, 4.69) is 10.1 Å².